The maximum Gasteiger partial charge on any atom is 0.237 e. The maximum absolute atomic E-state index is 13.0. The summed E-state index contributed by atoms with van der Waals surface area (Å²) in [6.45, 7) is 2.68. The minimum Gasteiger partial charge on any atom is -0.483 e. The first-order chi connectivity index (χ1) is 16.2. The van der Waals surface area contributed by atoms with Gasteiger partial charge in [-0.25, -0.2) is 0 Å². The summed E-state index contributed by atoms with van der Waals surface area (Å²) < 4.78 is 8.09. The number of anilines is 1. The Morgan fingerprint density at radius 1 is 0.970 bits per heavy atom. The number of carbonyl (C=O) groups excluding carboxylic acids is 1. The number of hydrogen-bond acceptors (Lipinski definition) is 5. The zero-order valence-corrected chi connectivity index (χ0v) is 19.1. The lowest BCUT2D eigenvalue weighted by Gasteiger charge is -2.18. The molecule has 1 atom stereocenters. The van der Waals surface area contributed by atoms with Crippen molar-refractivity contribution in [2.24, 2.45) is 0 Å². The van der Waals surface area contributed by atoms with Crippen LogP contribution in [0.15, 0.2) is 90.1 Å². The van der Waals surface area contributed by atoms with Crippen LogP contribution < -0.4 is 9.64 Å². The van der Waals surface area contributed by atoms with Gasteiger partial charge in [0.25, 0.3) is 0 Å². The van der Waals surface area contributed by atoms with Gasteiger partial charge < -0.3 is 9.64 Å². The number of amides is 1. The number of nitrogens with zero attached hydrogens (tertiary/aromatic N) is 4. The third kappa shape index (κ3) is 4.50. The Morgan fingerprint density at radius 3 is 2.45 bits per heavy atom. The van der Waals surface area contributed by atoms with Gasteiger partial charge >= 0.3 is 0 Å². The summed E-state index contributed by atoms with van der Waals surface area (Å²) in [7, 11) is 0. The number of rotatable bonds is 7. The highest BCUT2D eigenvalue weighted by molar-refractivity contribution is 7.99. The molecule has 166 valence electrons. The van der Waals surface area contributed by atoms with Crippen molar-refractivity contribution in [3.63, 3.8) is 0 Å². The van der Waals surface area contributed by atoms with Gasteiger partial charge in [-0.05, 0) is 49.2 Å². The predicted molar refractivity (Wildman–Crippen MR) is 130 cm³/mol. The van der Waals surface area contributed by atoms with E-state index in [2.05, 4.69) is 16.3 Å². The van der Waals surface area contributed by atoms with Crippen molar-refractivity contribution in [3.05, 3.63) is 96.3 Å². The first-order valence-corrected chi connectivity index (χ1v) is 11.9. The SMILES string of the molecule is C[C@H](Oc1ccccc1)c1nnc(SCC(=O)N2CCc3ccccc32)n1-c1ccccc1. The lowest BCUT2D eigenvalue weighted by atomic mass is 10.2. The van der Waals surface area contributed by atoms with Crippen LogP contribution in [-0.4, -0.2) is 33.0 Å². The summed E-state index contributed by atoms with van der Waals surface area (Å²) in [5.41, 5.74) is 3.16. The van der Waals surface area contributed by atoms with Gasteiger partial charge in [-0.2, -0.15) is 0 Å². The van der Waals surface area contributed by atoms with E-state index in [1.165, 1.54) is 17.3 Å². The third-order valence-electron chi connectivity index (χ3n) is 5.61. The number of fused-ring (bicyclic) bond motifs is 1. The highest BCUT2D eigenvalue weighted by Gasteiger charge is 2.26. The number of carbonyl (C=O) groups is 1. The second-order valence-electron chi connectivity index (χ2n) is 7.80. The molecule has 0 fully saturated rings. The van der Waals surface area contributed by atoms with E-state index < -0.39 is 0 Å². The summed E-state index contributed by atoms with van der Waals surface area (Å²) in [6, 6.07) is 27.7. The monoisotopic (exact) mass is 456 g/mol. The molecule has 6 nitrogen and oxygen atoms in total. The van der Waals surface area contributed by atoms with E-state index in [1.54, 1.807) is 0 Å². The largest absolute Gasteiger partial charge is 0.483 e. The van der Waals surface area contributed by atoms with Crippen LogP contribution in [0.25, 0.3) is 5.69 Å². The highest BCUT2D eigenvalue weighted by atomic mass is 32.2. The van der Waals surface area contributed by atoms with Crippen molar-refractivity contribution in [2.75, 3.05) is 17.2 Å². The molecule has 3 aromatic carbocycles. The second-order valence-corrected chi connectivity index (χ2v) is 8.74. The van der Waals surface area contributed by atoms with E-state index in [-0.39, 0.29) is 17.8 Å². The van der Waals surface area contributed by atoms with Crippen molar-refractivity contribution in [3.8, 4) is 11.4 Å². The fraction of sp³-hybridized carbons (Fsp3) is 0.192. The minimum absolute atomic E-state index is 0.0719. The number of aromatic nitrogens is 3. The molecule has 0 saturated carbocycles. The Hall–Kier alpha value is -3.58. The van der Waals surface area contributed by atoms with E-state index in [4.69, 9.17) is 4.74 Å². The van der Waals surface area contributed by atoms with Crippen molar-refractivity contribution >= 4 is 23.4 Å². The first kappa shape index (κ1) is 21.3. The molecule has 0 bridgehead atoms. The van der Waals surface area contributed by atoms with E-state index >= 15 is 0 Å². The van der Waals surface area contributed by atoms with Crippen LogP contribution in [0.2, 0.25) is 0 Å². The Balaban J connectivity index is 1.38. The highest BCUT2D eigenvalue weighted by Crippen LogP contribution is 2.31. The molecule has 5 rings (SSSR count). The third-order valence-corrected chi connectivity index (χ3v) is 6.52. The van der Waals surface area contributed by atoms with Crippen molar-refractivity contribution in [1.29, 1.82) is 0 Å². The van der Waals surface area contributed by atoms with Crippen molar-refractivity contribution in [1.82, 2.24) is 14.8 Å². The molecule has 0 N–H and O–H groups in total. The Bertz CT molecular complexity index is 1240. The van der Waals surface area contributed by atoms with E-state index in [9.17, 15) is 4.79 Å². The van der Waals surface area contributed by atoms with Gasteiger partial charge in [-0.15, -0.1) is 10.2 Å². The van der Waals surface area contributed by atoms with Crippen LogP contribution in [-0.2, 0) is 11.2 Å². The Morgan fingerprint density at radius 2 is 1.67 bits per heavy atom. The normalized spacial score (nSPS) is 13.5. The molecule has 1 aliphatic heterocycles. The molecule has 0 radical (unpaired) electrons. The molecule has 0 unspecified atom stereocenters. The van der Waals surface area contributed by atoms with Gasteiger partial charge in [0.05, 0.1) is 5.75 Å². The number of ether oxygens (including phenoxy) is 1. The summed E-state index contributed by atoms with van der Waals surface area (Å²) in [5.74, 6) is 1.81. The minimum atomic E-state index is -0.324. The smallest absolute Gasteiger partial charge is 0.237 e. The maximum atomic E-state index is 13.0. The van der Waals surface area contributed by atoms with Crippen LogP contribution in [0.4, 0.5) is 5.69 Å². The van der Waals surface area contributed by atoms with Crippen LogP contribution in [0.1, 0.15) is 24.4 Å². The number of hydrogen-bond donors (Lipinski definition) is 0. The van der Waals surface area contributed by atoms with Gasteiger partial charge in [0.1, 0.15) is 5.75 Å². The van der Waals surface area contributed by atoms with Gasteiger partial charge in [0.15, 0.2) is 17.1 Å². The summed E-state index contributed by atoms with van der Waals surface area (Å²) in [5, 5.41) is 9.53. The second kappa shape index (κ2) is 9.50. The molecule has 0 spiro atoms. The standard InChI is InChI=1S/C26H24N4O2S/c1-19(32-22-13-6-3-7-14-22)25-27-28-26(30(25)21-11-4-2-5-12-21)33-18-24(31)29-17-16-20-10-8-9-15-23(20)29/h2-15,19H,16-18H2,1H3/t19-/m0/s1. The fourth-order valence-electron chi connectivity index (χ4n) is 4.02. The fourth-order valence-corrected chi connectivity index (χ4v) is 4.85. The molecule has 4 aromatic rings. The van der Waals surface area contributed by atoms with Crippen molar-refractivity contribution < 1.29 is 9.53 Å². The predicted octanol–water partition coefficient (Wildman–Crippen LogP) is 5.09. The molecular weight excluding hydrogens is 432 g/mol. The van der Waals surface area contributed by atoms with Crippen molar-refractivity contribution in [2.45, 2.75) is 24.6 Å². The van der Waals surface area contributed by atoms with Gasteiger partial charge in [-0.1, -0.05) is 66.4 Å². The molecule has 7 heteroatoms. The molecule has 1 aliphatic rings. The quantitative estimate of drug-likeness (QED) is 0.363. The van der Waals surface area contributed by atoms with E-state index in [1.807, 2.05) is 95.3 Å². The van der Waals surface area contributed by atoms with E-state index in [0.717, 1.165) is 30.1 Å². The Labute approximate surface area is 197 Å². The van der Waals surface area contributed by atoms with Crippen LogP contribution in [0, 0.1) is 0 Å². The number of thioether (sulfide) groups is 1. The van der Waals surface area contributed by atoms with Gasteiger partial charge in [0, 0.05) is 17.9 Å². The lowest BCUT2D eigenvalue weighted by molar-refractivity contribution is -0.116. The van der Waals surface area contributed by atoms with E-state index in [0.29, 0.717) is 11.0 Å². The zero-order valence-electron chi connectivity index (χ0n) is 18.3. The van der Waals surface area contributed by atoms with Crippen LogP contribution in [0.5, 0.6) is 5.75 Å². The zero-order chi connectivity index (χ0) is 22.6. The molecular formula is C26H24N4O2S. The average Bonchev–Trinajstić information content (AvgIpc) is 3.48. The molecule has 2 heterocycles. The molecule has 0 aliphatic carbocycles. The number of benzene rings is 3. The summed E-state index contributed by atoms with van der Waals surface area (Å²) >= 11 is 1.40. The summed E-state index contributed by atoms with van der Waals surface area (Å²) in [6.07, 6.45) is 0.571. The molecule has 1 aromatic heterocycles. The summed E-state index contributed by atoms with van der Waals surface area (Å²) in [4.78, 5) is 14.9. The van der Waals surface area contributed by atoms with Crippen LogP contribution in [0.3, 0.4) is 0 Å². The number of para-hydroxylation sites is 3. The topological polar surface area (TPSA) is 60.3 Å². The van der Waals surface area contributed by atoms with Gasteiger partial charge in [-0.3, -0.25) is 9.36 Å². The van der Waals surface area contributed by atoms with Crippen LogP contribution >= 0.6 is 11.8 Å². The Kier molecular flexibility index (Phi) is 6.13. The lowest BCUT2D eigenvalue weighted by Crippen LogP contribution is -2.30. The molecule has 0 saturated heterocycles. The average molecular weight is 457 g/mol. The molecule has 1 amide bonds. The van der Waals surface area contributed by atoms with Gasteiger partial charge in [0.2, 0.25) is 5.91 Å². The first-order valence-electron chi connectivity index (χ1n) is 10.9. The molecule has 33 heavy (non-hydrogen) atoms.